The van der Waals surface area contributed by atoms with Gasteiger partial charge in [-0.2, -0.15) is 5.10 Å². The Bertz CT molecular complexity index is 563. The van der Waals surface area contributed by atoms with Crippen LogP contribution in [0.25, 0.3) is 0 Å². The van der Waals surface area contributed by atoms with Crippen LogP contribution in [0.4, 0.5) is 4.79 Å². The minimum absolute atomic E-state index is 0.224. The second-order valence-electron chi connectivity index (χ2n) is 6.04. The Morgan fingerprint density at radius 1 is 1.28 bits per heavy atom. The number of hydrogen-bond donors (Lipinski definition) is 1. The van der Waals surface area contributed by atoms with Crippen LogP contribution in [0.3, 0.4) is 0 Å². The van der Waals surface area contributed by atoms with E-state index in [4.69, 9.17) is 9.73 Å². The summed E-state index contributed by atoms with van der Waals surface area (Å²) in [6.45, 7) is 11.7. The Hall–Kier alpha value is -2.25. The molecule has 8 heteroatoms. The molecule has 0 aromatic carbocycles. The number of ether oxygens (including phenoxy) is 1. The van der Waals surface area contributed by atoms with E-state index in [9.17, 15) is 4.79 Å². The molecule has 1 N–H and O–H groups in total. The van der Waals surface area contributed by atoms with Gasteiger partial charge < -0.3 is 19.9 Å². The van der Waals surface area contributed by atoms with Gasteiger partial charge in [0.1, 0.15) is 0 Å². The van der Waals surface area contributed by atoms with Gasteiger partial charge in [0, 0.05) is 52.0 Å². The third kappa shape index (κ3) is 5.95. The Kier molecular flexibility index (Phi) is 7.56. The number of guanidine groups is 1. The number of nitrogens with zero attached hydrogens (tertiary/aromatic N) is 5. The standard InChI is InChI=1S/C17H30N6O2/c1-4-18-16(19-7-6-8-23-14-15(3)13-20-23)21-9-11-22(12-10-21)17(24)25-5-2/h13-14H,4-12H2,1-3H3,(H,18,19). The van der Waals surface area contributed by atoms with Crippen molar-refractivity contribution in [2.24, 2.45) is 4.99 Å². The molecule has 1 fully saturated rings. The van der Waals surface area contributed by atoms with Crippen molar-refractivity contribution < 1.29 is 9.53 Å². The van der Waals surface area contributed by atoms with Crippen molar-refractivity contribution in [2.45, 2.75) is 33.7 Å². The number of amides is 1. The van der Waals surface area contributed by atoms with Gasteiger partial charge in [0.05, 0.1) is 12.8 Å². The minimum Gasteiger partial charge on any atom is -0.450 e. The highest BCUT2D eigenvalue weighted by atomic mass is 16.6. The third-order valence-electron chi connectivity index (χ3n) is 4.01. The van der Waals surface area contributed by atoms with Crippen LogP contribution in [0, 0.1) is 6.92 Å². The van der Waals surface area contributed by atoms with E-state index in [0.717, 1.165) is 45.1 Å². The molecule has 25 heavy (non-hydrogen) atoms. The van der Waals surface area contributed by atoms with Crippen LogP contribution in [0.5, 0.6) is 0 Å². The monoisotopic (exact) mass is 350 g/mol. The predicted octanol–water partition coefficient (Wildman–Crippen LogP) is 1.32. The van der Waals surface area contributed by atoms with Gasteiger partial charge in [-0.05, 0) is 32.8 Å². The highest BCUT2D eigenvalue weighted by Gasteiger charge is 2.23. The largest absolute Gasteiger partial charge is 0.450 e. The van der Waals surface area contributed by atoms with Gasteiger partial charge in [0.15, 0.2) is 5.96 Å². The first-order valence-electron chi connectivity index (χ1n) is 9.08. The van der Waals surface area contributed by atoms with E-state index in [-0.39, 0.29) is 6.09 Å². The summed E-state index contributed by atoms with van der Waals surface area (Å²) in [5.74, 6) is 0.919. The molecule has 0 spiro atoms. The summed E-state index contributed by atoms with van der Waals surface area (Å²) in [7, 11) is 0. The van der Waals surface area contributed by atoms with E-state index >= 15 is 0 Å². The average molecular weight is 350 g/mol. The van der Waals surface area contributed by atoms with Crippen molar-refractivity contribution in [3.8, 4) is 0 Å². The van der Waals surface area contributed by atoms with Gasteiger partial charge in [-0.25, -0.2) is 4.79 Å². The summed E-state index contributed by atoms with van der Waals surface area (Å²) >= 11 is 0. The van der Waals surface area contributed by atoms with E-state index in [1.54, 1.807) is 4.90 Å². The van der Waals surface area contributed by atoms with Gasteiger partial charge in [0.2, 0.25) is 0 Å². The molecule has 1 amide bonds. The Morgan fingerprint density at radius 3 is 2.60 bits per heavy atom. The fourth-order valence-electron chi connectivity index (χ4n) is 2.75. The minimum atomic E-state index is -0.224. The fraction of sp³-hybridized carbons (Fsp3) is 0.706. The molecule has 0 aliphatic carbocycles. The molecule has 1 aliphatic heterocycles. The van der Waals surface area contributed by atoms with Crippen LogP contribution in [0.2, 0.25) is 0 Å². The lowest BCUT2D eigenvalue weighted by Crippen LogP contribution is -2.53. The number of nitrogens with one attached hydrogen (secondary N) is 1. The molecule has 0 bridgehead atoms. The highest BCUT2D eigenvalue weighted by Crippen LogP contribution is 2.05. The first-order chi connectivity index (χ1) is 12.1. The molecule has 0 saturated carbocycles. The molecule has 0 atom stereocenters. The second-order valence-corrected chi connectivity index (χ2v) is 6.04. The molecule has 8 nitrogen and oxygen atoms in total. The molecule has 1 aromatic heterocycles. The van der Waals surface area contributed by atoms with Gasteiger partial charge in [0.25, 0.3) is 0 Å². The van der Waals surface area contributed by atoms with E-state index in [2.05, 4.69) is 22.2 Å². The molecule has 2 heterocycles. The molecular weight excluding hydrogens is 320 g/mol. The number of piperazine rings is 1. The summed E-state index contributed by atoms with van der Waals surface area (Å²) in [6, 6.07) is 0. The van der Waals surface area contributed by atoms with E-state index in [0.29, 0.717) is 19.7 Å². The lowest BCUT2D eigenvalue weighted by atomic mass is 10.3. The van der Waals surface area contributed by atoms with Crippen molar-refractivity contribution in [3.05, 3.63) is 18.0 Å². The smallest absolute Gasteiger partial charge is 0.409 e. The number of carbonyl (C=O) groups is 1. The predicted molar refractivity (Wildman–Crippen MR) is 97.7 cm³/mol. The highest BCUT2D eigenvalue weighted by molar-refractivity contribution is 5.80. The molecule has 1 aromatic rings. The van der Waals surface area contributed by atoms with E-state index < -0.39 is 0 Å². The SMILES string of the molecule is CCNC(=NCCCn1cc(C)cn1)N1CCN(C(=O)OCC)CC1. The first kappa shape index (κ1) is 19.1. The van der Waals surface area contributed by atoms with Crippen LogP contribution >= 0.6 is 0 Å². The number of aromatic nitrogens is 2. The summed E-state index contributed by atoms with van der Waals surface area (Å²) in [5, 5.41) is 7.63. The van der Waals surface area contributed by atoms with Crippen molar-refractivity contribution in [1.82, 2.24) is 24.9 Å². The summed E-state index contributed by atoms with van der Waals surface area (Å²) in [5.41, 5.74) is 1.18. The molecule has 1 saturated heterocycles. The molecular formula is C17H30N6O2. The first-order valence-corrected chi connectivity index (χ1v) is 9.08. The van der Waals surface area contributed by atoms with Crippen molar-refractivity contribution in [1.29, 1.82) is 0 Å². The van der Waals surface area contributed by atoms with E-state index in [1.165, 1.54) is 5.56 Å². The van der Waals surface area contributed by atoms with Crippen LogP contribution in [-0.2, 0) is 11.3 Å². The Balaban J connectivity index is 1.80. The zero-order valence-corrected chi connectivity index (χ0v) is 15.6. The second kappa shape index (κ2) is 9.90. The summed E-state index contributed by atoms with van der Waals surface area (Å²) in [4.78, 5) is 20.5. The maximum Gasteiger partial charge on any atom is 0.409 e. The van der Waals surface area contributed by atoms with Gasteiger partial charge in [-0.3, -0.25) is 9.67 Å². The normalized spacial score (nSPS) is 15.4. The van der Waals surface area contributed by atoms with Crippen molar-refractivity contribution in [2.75, 3.05) is 45.9 Å². The Labute approximate surface area is 149 Å². The number of carbonyl (C=O) groups excluding carboxylic acids is 1. The average Bonchev–Trinajstić information content (AvgIpc) is 3.03. The molecule has 140 valence electrons. The van der Waals surface area contributed by atoms with Gasteiger partial charge >= 0.3 is 6.09 Å². The summed E-state index contributed by atoms with van der Waals surface area (Å²) < 4.78 is 7.02. The molecule has 1 aliphatic rings. The molecule has 2 rings (SSSR count). The zero-order valence-electron chi connectivity index (χ0n) is 15.6. The van der Waals surface area contributed by atoms with Gasteiger partial charge in [-0.15, -0.1) is 0 Å². The van der Waals surface area contributed by atoms with E-state index in [1.807, 2.05) is 30.9 Å². The fourth-order valence-corrected chi connectivity index (χ4v) is 2.75. The molecule has 0 radical (unpaired) electrons. The number of hydrogen-bond acceptors (Lipinski definition) is 4. The lowest BCUT2D eigenvalue weighted by Gasteiger charge is -2.35. The number of aliphatic imine (C=N–C) groups is 1. The summed E-state index contributed by atoms with van der Waals surface area (Å²) in [6.07, 6.45) is 4.64. The zero-order chi connectivity index (χ0) is 18.1. The number of rotatable bonds is 6. The quantitative estimate of drug-likeness (QED) is 0.476. The van der Waals surface area contributed by atoms with Crippen LogP contribution in [0.15, 0.2) is 17.4 Å². The topological polar surface area (TPSA) is 75.0 Å². The van der Waals surface area contributed by atoms with Crippen molar-refractivity contribution >= 4 is 12.1 Å². The van der Waals surface area contributed by atoms with Crippen molar-refractivity contribution in [3.63, 3.8) is 0 Å². The molecule has 0 unspecified atom stereocenters. The van der Waals surface area contributed by atoms with Crippen LogP contribution < -0.4 is 5.32 Å². The number of aryl methyl sites for hydroxylation is 2. The maximum absolute atomic E-state index is 11.8. The van der Waals surface area contributed by atoms with Crippen LogP contribution in [0.1, 0.15) is 25.8 Å². The van der Waals surface area contributed by atoms with Gasteiger partial charge in [-0.1, -0.05) is 0 Å². The van der Waals surface area contributed by atoms with Crippen LogP contribution in [-0.4, -0.2) is 77.5 Å². The maximum atomic E-state index is 11.8. The lowest BCUT2D eigenvalue weighted by molar-refractivity contribution is 0.0914. The third-order valence-corrected chi connectivity index (χ3v) is 4.01. The Morgan fingerprint density at radius 2 is 2.00 bits per heavy atom.